The standard InChI is InChI=1S/C26H33N5O3S/c1-2-30(16-19-9-4-3-5-10-19)14-8-13-27-22(32)15-28-23(33)17-31-18-29-25-24(26(31)34)20-11-6-7-12-21(20)35-25/h3-5,9-10,18H,2,6-8,11-17H2,1H3,(H,27,32)(H,28,33). The minimum absolute atomic E-state index is 0.112. The van der Waals surface area contributed by atoms with E-state index >= 15 is 0 Å². The number of nitrogens with zero attached hydrogens (tertiary/aromatic N) is 3. The monoisotopic (exact) mass is 495 g/mol. The van der Waals surface area contributed by atoms with Gasteiger partial charge in [0.05, 0.1) is 18.3 Å². The van der Waals surface area contributed by atoms with Gasteiger partial charge in [0.15, 0.2) is 0 Å². The second-order valence-corrected chi connectivity index (χ2v) is 9.99. The van der Waals surface area contributed by atoms with Gasteiger partial charge in [0, 0.05) is 24.5 Å². The first-order chi connectivity index (χ1) is 17.0. The largest absolute Gasteiger partial charge is 0.355 e. The Morgan fingerprint density at radius 2 is 1.91 bits per heavy atom. The summed E-state index contributed by atoms with van der Waals surface area (Å²) in [6.45, 7) is 5.11. The van der Waals surface area contributed by atoms with Crippen LogP contribution in [-0.4, -0.2) is 52.4 Å². The van der Waals surface area contributed by atoms with Gasteiger partial charge < -0.3 is 10.6 Å². The van der Waals surface area contributed by atoms with E-state index in [1.807, 2.05) is 18.2 Å². The molecule has 3 aromatic rings. The molecule has 0 spiro atoms. The third-order valence-electron chi connectivity index (χ3n) is 6.37. The summed E-state index contributed by atoms with van der Waals surface area (Å²) in [7, 11) is 0. The highest BCUT2D eigenvalue weighted by Crippen LogP contribution is 2.33. The summed E-state index contributed by atoms with van der Waals surface area (Å²) in [5.74, 6) is -0.621. The van der Waals surface area contributed by atoms with Crippen LogP contribution in [0.3, 0.4) is 0 Å². The molecule has 0 bridgehead atoms. The van der Waals surface area contributed by atoms with Crippen molar-refractivity contribution < 1.29 is 9.59 Å². The molecule has 2 N–H and O–H groups in total. The lowest BCUT2D eigenvalue weighted by Crippen LogP contribution is -2.40. The van der Waals surface area contributed by atoms with E-state index in [0.29, 0.717) is 11.9 Å². The van der Waals surface area contributed by atoms with Crippen molar-refractivity contribution in [2.45, 2.75) is 52.1 Å². The number of nitrogens with one attached hydrogen (secondary N) is 2. The number of hydrogen-bond donors (Lipinski definition) is 2. The molecule has 1 aliphatic rings. The summed E-state index contributed by atoms with van der Waals surface area (Å²) in [5.41, 5.74) is 2.20. The Morgan fingerprint density at radius 3 is 2.71 bits per heavy atom. The molecule has 0 radical (unpaired) electrons. The number of hydrogen-bond acceptors (Lipinski definition) is 6. The van der Waals surface area contributed by atoms with Crippen molar-refractivity contribution in [1.82, 2.24) is 25.1 Å². The molecule has 35 heavy (non-hydrogen) atoms. The Bertz CT molecular complexity index is 1220. The Morgan fingerprint density at radius 1 is 1.11 bits per heavy atom. The van der Waals surface area contributed by atoms with Crippen molar-refractivity contribution in [2.24, 2.45) is 0 Å². The van der Waals surface area contributed by atoms with Gasteiger partial charge in [-0.25, -0.2) is 4.98 Å². The topological polar surface area (TPSA) is 96.3 Å². The lowest BCUT2D eigenvalue weighted by Gasteiger charge is -2.20. The lowest BCUT2D eigenvalue weighted by atomic mass is 9.97. The first-order valence-electron chi connectivity index (χ1n) is 12.3. The van der Waals surface area contributed by atoms with Crippen LogP contribution in [0.1, 0.15) is 42.2 Å². The third kappa shape index (κ3) is 6.55. The van der Waals surface area contributed by atoms with Crippen LogP contribution in [0.25, 0.3) is 10.2 Å². The van der Waals surface area contributed by atoms with E-state index in [4.69, 9.17) is 0 Å². The van der Waals surface area contributed by atoms with Crippen LogP contribution in [0.4, 0.5) is 0 Å². The number of carbonyl (C=O) groups is 2. The Hall–Kier alpha value is -3.04. The maximum Gasteiger partial charge on any atom is 0.262 e. The average molecular weight is 496 g/mol. The van der Waals surface area contributed by atoms with Crippen molar-refractivity contribution in [3.8, 4) is 0 Å². The van der Waals surface area contributed by atoms with Gasteiger partial charge in [0.25, 0.3) is 5.56 Å². The van der Waals surface area contributed by atoms with Gasteiger partial charge in [0.1, 0.15) is 11.4 Å². The molecule has 186 valence electrons. The fraction of sp³-hybridized carbons (Fsp3) is 0.462. The van der Waals surface area contributed by atoms with Crippen molar-refractivity contribution in [1.29, 1.82) is 0 Å². The normalized spacial score (nSPS) is 13.1. The fourth-order valence-corrected chi connectivity index (χ4v) is 5.69. The highest BCUT2D eigenvalue weighted by Gasteiger charge is 2.20. The molecule has 0 saturated heterocycles. The van der Waals surface area contributed by atoms with Crippen LogP contribution in [-0.2, 0) is 35.5 Å². The molecular formula is C26H33N5O3S. The number of thiophene rings is 1. The number of fused-ring (bicyclic) bond motifs is 3. The summed E-state index contributed by atoms with van der Waals surface area (Å²) in [4.78, 5) is 46.2. The van der Waals surface area contributed by atoms with Crippen LogP contribution in [0.2, 0.25) is 0 Å². The van der Waals surface area contributed by atoms with Crippen LogP contribution in [0.5, 0.6) is 0 Å². The Balaban J connectivity index is 1.20. The Labute approximate surface area is 209 Å². The smallest absolute Gasteiger partial charge is 0.262 e. The summed E-state index contributed by atoms with van der Waals surface area (Å²) in [6.07, 6.45) is 6.36. The van der Waals surface area contributed by atoms with E-state index < -0.39 is 0 Å². The fourth-order valence-electron chi connectivity index (χ4n) is 4.47. The zero-order valence-electron chi connectivity index (χ0n) is 20.2. The highest BCUT2D eigenvalue weighted by atomic mass is 32.1. The molecule has 0 saturated carbocycles. The molecule has 0 aliphatic heterocycles. The molecule has 0 unspecified atom stereocenters. The number of aryl methyl sites for hydroxylation is 2. The third-order valence-corrected chi connectivity index (χ3v) is 7.57. The zero-order valence-corrected chi connectivity index (χ0v) is 21.0. The van der Waals surface area contributed by atoms with Crippen molar-refractivity contribution in [2.75, 3.05) is 26.2 Å². The number of aromatic nitrogens is 2. The summed E-state index contributed by atoms with van der Waals surface area (Å²) in [5, 5.41) is 6.12. The van der Waals surface area contributed by atoms with Gasteiger partial charge in [-0.3, -0.25) is 23.9 Å². The number of amides is 2. The van der Waals surface area contributed by atoms with E-state index in [1.165, 1.54) is 21.3 Å². The van der Waals surface area contributed by atoms with Gasteiger partial charge in [0.2, 0.25) is 11.8 Å². The van der Waals surface area contributed by atoms with Gasteiger partial charge in [-0.15, -0.1) is 11.3 Å². The molecule has 9 heteroatoms. The maximum absolute atomic E-state index is 13.0. The van der Waals surface area contributed by atoms with Crippen molar-refractivity contribution >= 4 is 33.4 Å². The van der Waals surface area contributed by atoms with Gasteiger partial charge >= 0.3 is 0 Å². The molecular weight excluding hydrogens is 462 g/mol. The minimum Gasteiger partial charge on any atom is -0.355 e. The SMILES string of the molecule is CCN(CCCNC(=O)CNC(=O)Cn1cnc2sc3c(c2c1=O)CCCC3)Cc1ccccc1. The molecule has 1 aromatic carbocycles. The molecule has 1 aliphatic carbocycles. The van der Waals surface area contributed by atoms with E-state index in [2.05, 4.69) is 39.6 Å². The van der Waals surface area contributed by atoms with Crippen LogP contribution >= 0.6 is 11.3 Å². The van der Waals surface area contributed by atoms with Crippen molar-refractivity contribution in [3.05, 3.63) is 63.0 Å². The second kappa shape index (κ2) is 12.1. The zero-order chi connectivity index (χ0) is 24.6. The van der Waals surface area contributed by atoms with Crippen molar-refractivity contribution in [3.63, 3.8) is 0 Å². The maximum atomic E-state index is 13.0. The van der Waals surface area contributed by atoms with E-state index in [1.54, 1.807) is 11.3 Å². The quantitative estimate of drug-likeness (QED) is 0.399. The average Bonchev–Trinajstić information content (AvgIpc) is 3.26. The lowest BCUT2D eigenvalue weighted by molar-refractivity contribution is -0.126. The predicted molar refractivity (Wildman–Crippen MR) is 139 cm³/mol. The van der Waals surface area contributed by atoms with E-state index in [0.717, 1.165) is 62.1 Å². The molecule has 2 heterocycles. The first-order valence-corrected chi connectivity index (χ1v) is 13.2. The van der Waals surface area contributed by atoms with Gasteiger partial charge in [-0.1, -0.05) is 37.3 Å². The number of benzene rings is 1. The number of carbonyl (C=O) groups excluding carboxylic acids is 2. The molecule has 4 rings (SSSR count). The molecule has 2 amide bonds. The second-order valence-electron chi connectivity index (χ2n) is 8.90. The molecule has 2 aromatic heterocycles. The molecule has 0 atom stereocenters. The van der Waals surface area contributed by atoms with Crippen LogP contribution < -0.4 is 16.2 Å². The minimum atomic E-state index is -0.382. The summed E-state index contributed by atoms with van der Waals surface area (Å²) in [6, 6.07) is 10.3. The van der Waals surface area contributed by atoms with Crippen LogP contribution in [0, 0.1) is 0 Å². The number of rotatable bonds is 11. The molecule has 0 fully saturated rings. The predicted octanol–water partition coefficient (Wildman–Crippen LogP) is 2.48. The summed E-state index contributed by atoms with van der Waals surface area (Å²) < 4.78 is 1.34. The summed E-state index contributed by atoms with van der Waals surface area (Å²) >= 11 is 1.59. The van der Waals surface area contributed by atoms with Gasteiger partial charge in [-0.05, 0) is 49.8 Å². The Kier molecular flexibility index (Phi) is 8.65. The highest BCUT2D eigenvalue weighted by molar-refractivity contribution is 7.18. The van der Waals surface area contributed by atoms with E-state index in [9.17, 15) is 14.4 Å². The van der Waals surface area contributed by atoms with Crippen LogP contribution in [0.15, 0.2) is 41.5 Å². The first kappa shape index (κ1) is 25.1. The van der Waals surface area contributed by atoms with E-state index in [-0.39, 0.29) is 30.5 Å². The molecule has 8 nitrogen and oxygen atoms in total. The van der Waals surface area contributed by atoms with Gasteiger partial charge in [-0.2, -0.15) is 0 Å².